The summed E-state index contributed by atoms with van der Waals surface area (Å²) in [6.07, 6.45) is 0. The van der Waals surface area contributed by atoms with Crippen LogP contribution in [0.2, 0.25) is 0 Å². The Morgan fingerprint density at radius 3 is 2.53 bits per heavy atom. The van der Waals surface area contributed by atoms with E-state index < -0.39 is 0 Å². The molecule has 0 bridgehead atoms. The highest BCUT2D eigenvalue weighted by molar-refractivity contribution is 7.15. The molecule has 1 aromatic heterocycles. The van der Waals surface area contributed by atoms with Gasteiger partial charge in [0.15, 0.2) is 5.13 Å². The molecule has 0 atom stereocenters. The average Bonchev–Trinajstić information content (AvgIpc) is 2.78. The minimum absolute atomic E-state index is 0.905. The SMILES string of the molecule is CCNCc1sc(N(C)c2ccc(C)cc2)nc1C. The lowest BCUT2D eigenvalue weighted by molar-refractivity contribution is 0.731. The normalized spacial score (nSPS) is 10.7. The van der Waals surface area contributed by atoms with Crippen LogP contribution in [0.1, 0.15) is 23.1 Å². The van der Waals surface area contributed by atoms with Crippen LogP contribution in [0.4, 0.5) is 10.8 Å². The molecule has 1 aromatic carbocycles. The highest BCUT2D eigenvalue weighted by Gasteiger charge is 2.12. The van der Waals surface area contributed by atoms with Crippen LogP contribution in [-0.2, 0) is 6.54 Å². The lowest BCUT2D eigenvalue weighted by Crippen LogP contribution is -2.11. The van der Waals surface area contributed by atoms with E-state index in [0.717, 1.165) is 23.9 Å². The lowest BCUT2D eigenvalue weighted by atomic mass is 10.2. The molecule has 0 spiro atoms. The van der Waals surface area contributed by atoms with Gasteiger partial charge in [0, 0.05) is 24.2 Å². The fourth-order valence-corrected chi connectivity index (χ4v) is 2.85. The smallest absolute Gasteiger partial charge is 0.190 e. The third-order valence-corrected chi connectivity index (χ3v) is 4.36. The summed E-state index contributed by atoms with van der Waals surface area (Å²) in [6, 6.07) is 8.53. The van der Waals surface area contributed by atoms with E-state index in [1.165, 1.54) is 16.1 Å². The van der Waals surface area contributed by atoms with Gasteiger partial charge >= 0.3 is 0 Å². The summed E-state index contributed by atoms with van der Waals surface area (Å²) in [5.41, 5.74) is 3.58. The summed E-state index contributed by atoms with van der Waals surface area (Å²) in [7, 11) is 2.07. The molecule has 2 aromatic rings. The molecular formula is C15H21N3S. The van der Waals surface area contributed by atoms with E-state index in [4.69, 9.17) is 0 Å². The van der Waals surface area contributed by atoms with Crippen molar-refractivity contribution in [1.29, 1.82) is 0 Å². The summed E-state index contributed by atoms with van der Waals surface area (Å²) in [4.78, 5) is 8.13. The van der Waals surface area contributed by atoms with Crippen LogP contribution in [0, 0.1) is 13.8 Å². The molecule has 102 valence electrons. The zero-order valence-electron chi connectivity index (χ0n) is 12.0. The summed E-state index contributed by atoms with van der Waals surface area (Å²) < 4.78 is 0. The van der Waals surface area contributed by atoms with E-state index in [1.54, 1.807) is 11.3 Å². The molecule has 1 N–H and O–H groups in total. The first kappa shape index (κ1) is 14.0. The van der Waals surface area contributed by atoms with Crippen LogP contribution in [0.25, 0.3) is 0 Å². The molecule has 3 nitrogen and oxygen atoms in total. The van der Waals surface area contributed by atoms with Gasteiger partial charge in [0.2, 0.25) is 0 Å². The molecule has 0 amide bonds. The van der Waals surface area contributed by atoms with Crippen LogP contribution >= 0.6 is 11.3 Å². The first-order chi connectivity index (χ1) is 9.11. The summed E-state index contributed by atoms with van der Waals surface area (Å²) >= 11 is 1.76. The summed E-state index contributed by atoms with van der Waals surface area (Å²) in [6.45, 7) is 8.19. The van der Waals surface area contributed by atoms with Crippen LogP contribution in [0.5, 0.6) is 0 Å². The van der Waals surface area contributed by atoms with Crippen molar-refractivity contribution in [2.24, 2.45) is 0 Å². The fourth-order valence-electron chi connectivity index (χ4n) is 1.84. The molecule has 1 heterocycles. The standard InChI is InChI=1S/C15H21N3S/c1-5-16-10-14-12(3)17-15(19-14)18(4)13-8-6-11(2)7-9-13/h6-9,16H,5,10H2,1-4H3. The van der Waals surface area contributed by atoms with Gasteiger partial charge in [0.1, 0.15) is 0 Å². The zero-order chi connectivity index (χ0) is 13.8. The van der Waals surface area contributed by atoms with Gasteiger partial charge in [0.05, 0.1) is 5.69 Å². The fraction of sp³-hybridized carbons (Fsp3) is 0.400. The lowest BCUT2D eigenvalue weighted by Gasteiger charge is -2.15. The van der Waals surface area contributed by atoms with Crippen LogP contribution < -0.4 is 10.2 Å². The molecule has 0 aliphatic rings. The van der Waals surface area contributed by atoms with Crippen LogP contribution in [0.3, 0.4) is 0 Å². The molecule has 0 unspecified atom stereocenters. The van der Waals surface area contributed by atoms with Crippen LogP contribution in [-0.4, -0.2) is 18.6 Å². The van der Waals surface area contributed by atoms with Gasteiger partial charge in [-0.3, -0.25) is 0 Å². The predicted molar refractivity (Wildman–Crippen MR) is 83.5 cm³/mol. The average molecular weight is 275 g/mol. The van der Waals surface area contributed by atoms with Gasteiger partial charge in [0.25, 0.3) is 0 Å². The maximum Gasteiger partial charge on any atom is 0.190 e. The Morgan fingerprint density at radius 1 is 1.21 bits per heavy atom. The maximum atomic E-state index is 4.67. The third kappa shape index (κ3) is 3.33. The molecule has 0 saturated carbocycles. The topological polar surface area (TPSA) is 28.2 Å². The van der Waals surface area contributed by atoms with Crippen molar-refractivity contribution in [3.05, 3.63) is 40.4 Å². The molecular weight excluding hydrogens is 254 g/mol. The Balaban J connectivity index is 2.19. The number of hydrogen-bond donors (Lipinski definition) is 1. The summed E-state index contributed by atoms with van der Waals surface area (Å²) in [5, 5.41) is 4.41. The number of benzene rings is 1. The molecule has 0 aliphatic carbocycles. The van der Waals surface area contributed by atoms with Crippen molar-refractivity contribution < 1.29 is 0 Å². The molecule has 2 rings (SSSR count). The van der Waals surface area contributed by atoms with Gasteiger partial charge in [-0.15, -0.1) is 0 Å². The molecule has 0 radical (unpaired) electrons. The van der Waals surface area contributed by atoms with Crippen molar-refractivity contribution in [2.45, 2.75) is 27.3 Å². The number of thiazole rings is 1. The van der Waals surface area contributed by atoms with Crippen molar-refractivity contribution in [2.75, 3.05) is 18.5 Å². The van der Waals surface area contributed by atoms with Gasteiger partial charge in [-0.25, -0.2) is 4.98 Å². The van der Waals surface area contributed by atoms with Crippen molar-refractivity contribution in [3.63, 3.8) is 0 Å². The quantitative estimate of drug-likeness (QED) is 0.903. The summed E-state index contributed by atoms with van der Waals surface area (Å²) in [5.74, 6) is 0. The predicted octanol–water partition coefficient (Wildman–Crippen LogP) is 3.64. The highest BCUT2D eigenvalue weighted by atomic mass is 32.1. The number of rotatable bonds is 5. The molecule has 0 fully saturated rings. The minimum atomic E-state index is 0.905. The molecule has 19 heavy (non-hydrogen) atoms. The second-order valence-electron chi connectivity index (χ2n) is 4.68. The Bertz CT molecular complexity index is 531. The monoisotopic (exact) mass is 275 g/mol. The minimum Gasteiger partial charge on any atom is -0.321 e. The second-order valence-corrected chi connectivity index (χ2v) is 5.74. The first-order valence-corrected chi connectivity index (χ1v) is 7.41. The Morgan fingerprint density at radius 2 is 1.89 bits per heavy atom. The van der Waals surface area contributed by atoms with Crippen molar-refractivity contribution in [1.82, 2.24) is 10.3 Å². The van der Waals surface area contributed by atoms with E-state index in [-0.39, 0.29) is 0 Å². The number of aryl methyl sites for hydroxylation is 2. The van der Waals surface area contributed by atoms with E-state index >= 15 is 0 Å². The molecule has 4 heteroatoms. The van der Waals surface area contributed by atoms with Crippen molar-refractivity contribution in [3.8, 4) is 0 Å². The Labute approximate surface area is 119 Å². The number of anilines is 2. The molecule has 0 saturated heterocycles. The van der Waals surface area contributed by atoms with Crippen molar-refractivity contribution >= 4 is 22.2 Å². The molecule has 0 aliphatic heterocycles. The zero-order valence-corrected chi connectivity index (χ0v) is 12.8. The van der Waals surface area contributed by atoms with Gasteiger partial charge in [-0.05, 0) is 32.5 Å². The van der Waals surface area contributed by atoms with E-state index in [1.807, 2.05) is 0 Å². The van der Waals surface area contributed by atoms with Gasteiger partial charge in [-0.2, -0.15) is 0 Å². The Hall–Kier alpha value is -1.39. The first-order valence-electron chi connectivity index (χ1n) is 6.59. The van der Waals surface area contributed by atoms with Gasteiger partial charge in [-0.1, -0.05) is 36.0 Å². The maximum absolute atomic E-state index is 4.67. The second kappa shape index (κ2) is 6.17. The van der Waals surface area contributed by atoms with E-state index in [2.05, 4.69) is 67.3 Å². The highest BCUT2D eigenvalue weighted by Crippen LogP contribution is 2.30. The van der Waals surface area contributed by atoms with Crippen LogP contribution in [0.15, 0.2) is 24.3 Å². The van der Waals surface area contributed by atoms with Gasteiger partial charge < -0.3 is 10.2 Å². The number of nitrogens with zero attached hydrogens (tertiary/aromatic N) is 2. The van der Waals surface area contributed by atoms with E-state index in [0.29, 0.717) is 0 Å². The van der Waals surface area contributed by atoms with E-state index in [9.17, 15) is 0 Å². The number of hydrogen-bond acceptors (Lipinski definition) is 4. The largest absolute Gasteiger partial charge is 0.321 e. The number of aromatic nitrogens is 1. The number of nitrogens with one attached hydrogen (secondary N) is 1. The Kier molecular flexibility index (Phi) is 4.56. The third-order valence-electron chi connectivity index (χ3n) is 3.13.